The Balaban J connectivity index is 1.57. The molecule has 3 aromatic carbocycles. The smallest absolute Gasteiger partial charge is 0.172 e. The van der Waals surface area contributed by atoms with Crippen molar-refractivity contribution in [2.75, 3.05) is 0 Å². The fourth-order valence-electron chi connectivity index (χ4n) is 5.55. The third-order valence-corrected chi connectivity index (χ3v) is 7.71. The molecule has 33 heavy (non-hydrogen) atoms. The standard InChI is InChI=1S/C29H29ClO3/c1-4-18-9-10-21(19-11-13-22(30)14-12-19)15-23(18)25-26(31)27-24(16-29(3,33-27)28(25)32)20-7-5-17(2)6-8-20/h5-15,24-25,27-28,32H,4,16H2,1-3H3/t24-,25?,27-,28?,29-/m1/s1. The highest BCUT2D eigenvalue weighted by molar-refractivity contribution is 6.30. The summed E-state index contributed by atoms with van der Waals surface area (Å²) in [6, 6.07) is 22.2. The highest BCUT2D eigenvalue weighted by atomic mass is 35.5. The molecule has 4 heteroatoms. The van der Waals surface area contributed by atoms with Gasteiger partial charge < -0.3 is 9.84 Å². The summed E-state index contributed by atoms with van der Waals surface area (Å²) < 4.78 is 6.25. The molecule has 5 rings (SSSR count). The predicted octanol–water partition coefficient (Wildman–Crippen LogP) is 6.24. The summed E-state index contributed by atoms with van der Waals surface area (Å²) >= 11 is 6.07. The fraction of sp³-hybridized carbons (Fsp3) is 0.345. The van der Waals surface area contributed by atoms with Crippen LogP contribution in [0.25, 0.3) is 11.1 Å². The van der Waals surface area contributed by atoms with Crippen LogP contribution in [0.1, 0.15) is 54.4 Å². The molecule has 0 amide bonds. The van der Waals surface area contributed by atoms with Crippen LogP contribution in [-0.4, -0.2) is 28.7 Å². The van der Waals surface area contributed by atoms with Crippen LogP contribution in [0.2, 0.25) is 5.02 Å². The number of halogens is 1. The molecule has 0 spiro atoms. The van der Waals surface area contributed by atoms with Crippen molar-refractivity contribution in [1.29, 1.82) is 0 Å². The Morgan fingerprint density at radius 1 is 1.03 bits per heavy atom. The van der Waals surface area contributed by atoms with Gasteiger partial charge in [-0.05, 0) is 66.6 Å². The first-order valence-corrected chi connectivity index (χ1v) is 12.0. The minimum atomic E-state index is -0.900. The van der Waals surface area contributed by atoms with Crippen molar-refractivity contribution in [3.8, 4) is 11.1 Å². The Bertz CT molecular complexity index is 1180. The van der Waals surface area contributed by atoms with E-state index in [-0.39, 0.29) is 11.7 Å². The first kappa shape index (κ1) is 22.3. The van der Waals surface area contributed by atoms with Gasteiger partial charge in [-0.25, -0.2) is 0 Å². The van der Waals surface area contributed by atoms with E-state index in [1.807, 2.05) is 31.2 Å². The van der Waals surface area contributed by atoms with Crippen LogP contribution < -0.4 is 0 Å². The first-order valence-electron chi connectivity index (χ1n) is 11.7. The monoisotopic (exact) mass is 460 g/mol. The molecule has 2 unspecified atom stereocenters. The topological polar surface area (TPSA) is 46.5 Å². The number of hydrogen-bond acceptors (Lipinski definition) is 3. The lowest BCUT2D eigenvalue weighted by molar-refractivity contribution is -0.170. The van der Waals surface area contributed by atoms with Crippen LogP contribution >= 0.6 is 11.6 Å². The van der Waals surface area contributed by atoms with Crippen LogP contribution in [0.5, 0.6) is 0 Å². The molecule has 2 fully saturated rings. The van der Waals surface area contributed by atoms with E-state index in [4.69, 9.17) is 16.3 Å². The van der Waals surface area contributed by atoms with E-state index in [0.29, 0.717) is 11.4 Å². The second-order valence-corrected chi connectivity index (χ2v) is 10.1. The summed E-state index contributed by atoms with van der Waals surface area (Å²) in [5.41, 5.74) is 5.55. The molecule has 0 aliphatic carbocycles. The van der Waals surface area contributed by atoms with Crippen molar-refractivity contribution in [2.45, 2.75) is 63.3 Å². The maximum absolute atomic E-state index is 13.8. The van der Waals surface area contributed by atoms with E-state index in [9.17, 15) is 9.90 Å². The third kappa shape index (κ3) is 3.82. The number of fused-ring (bicyclic) bond motifs is 2. The molecular weight excluding hydrogens is 432 g/mol. The zero-order valence-electron chi connectivity index (χ0n) is 19.2. The molecule has 170 valence electrons. The van der Waals surface area contributed by atoms with Crippen molar-refractivity contribution < 1.29 is 14.6 Å². The Labute approximate surface area is 200 Å². The minimum Gasteiger partial charge on any atom is -0.389 e. The second-order valence-electron chi connectivity index (χ2n) is 9.67. The van der Waals surface area contributed by atoms with Crippen molar-refractivity contribution in [2.24, 2.45) is 0 Å². The number of carbonyl (C=O) groups excluding carboxylic acids is 1. The Hall–Kier alpha value is -2.46. The van der Waals surface area contributed by atoms with Crippen LogP contribution in [-0.2, 0) is 16.0 Å². The Kier molecular flexibility index (Phi) is 5.68. The summed E-state index contributed by atoms with van der Waals surface area (Å²) in [5.74, 6) is -0.676. The van der Waals surface area contributed by atoms with Gasteiger partial charge in [-0.3, -0.25) is 4.79 Å². The Morgan fingerprint density at radius 3 is 2.36 bits per heavy atom. The van der Waals surface area contributed by atoms with Crippen LogP contribution in [0.3, 0.4) is 0 Å². The summed E-state index contributed by atoms with van der Waals surface area (Å²) in [5, 5.41) is 12.2. The van der Waals surface area contributed by atoms with Gasteiger partial charge in [0.25, 0.3) is 0 Å². The summed E-state index contributed by atoms with van der Waals surface area (Å²) in [7, 11) is 0. The van der Waals surface area contributed by atoms with E-state index in [1.54, 1.807) is 0 Å². The average Bonchev–Trinajstić information content (AvgIpc) is 3.15. The highest BCUT2D eigenvalue weighted by Crippen LogP contribution is 2.52. The molecule has 0 radical (unpaired) electrons. The van der Waals surface area contributed by atoms with Gasteiger partial charge in [-0.15, -0.1) is 0 Å². The number of carbonyl (C=O) groups is 1. The lowest BCUT2D eigenvalue weighted by Gasteiger charge is -2.40. The third-order valence-electron chi connectivity index (χ3n) is 7.46. The van der Waals surface area contributed by atoms with Crippen LogP contribution in [0, 0.1) is 6.92 Å². The fourth-order valence-corrected chi connectivity index (χ4v) is 5.68. The number of aryl methyl sites for hydroxylation is 2. The zero-order chi connectivity index (χ0) is 23.3. The Morgan fingerprint density at radius 2 is 1.70 bits per heavy atom. The maximum atomic E-state index is 13.8. The molecule has 3 nitrogen and oxygen atoms in total. The van der Waals surface area contributed by atoms with Gasteiger partial charge in [0, 0.05) is 10.9 Å². The van der Waals surface area contributed by atoms with Crippen LogP contribution in [0.4, 0.5) is 0 Å². The maximum Gasteiger partial charge on any atom is 0.172 e. The van der Waals surface area contributed by atoms with Gasteiger partial charge in [-0.2, -0.15) is 0 Å². The highest BCUT2D eigenvalue weighted by Gasteiger charge is 2.60. The number of Topliss-reactive ketones (excluding diaryl/α,β-unsaturated/α-hetero) is 1. The van der Waals surface area contributed by atoms with Gasteiger partial charge in [-0.1, -0.05) is 78.7 Å². The molecule has 0 saturated carbocycles. The molecule has 2 aliphatic rings. The summed E-state index contributed by atoms with van der Waals surface area (Å²) in [6.07, 6.45) is -0.0313. The molecule has 2 saturated heterocycles. The van der Waals surface area contributed by atoms with Crippen LogP contribution in [0.15, 0.2) is 66.7 Å². The van der Waals surface area contributed by atoms with E-state index < -0.39 is 23.7 Å². The number of rotatable bonds is 4. The lowest BCUT2D eigenvalue weighted by atomic mass is 9.77. The molecule has 5 atom stereocenters. The molecule has 2 heterocycles. The molecule has 1 N–H and O–H groups in total. The first-order chi connectivity index (χ1) is 15.8. The van der Waals surface area contributed by atoms with E-state index in [0.717, 1.165) is 34.2 Å². The molecule has 2 aliphatic heterocycles. The normalized spacial score (nSPS) is 28.8. The second kappa shape index (κ2) is 8.39. The van der Waals surface area contributed by atoms with E-state index in [1.165, 1.54) is 5.56 Å². The SMILES string of the molecule is CCc1ccc(-c2ccc(Cl)cc2)cc1C1C(=O)[C@@H]2O[C@](C)(C[C@@H]2c2ccc(C)cc2)C1O. The minimum absolute atomic E-state index is 0.0222. The summed E-state index contributed by atoms with van der Waals surface area (Å²) in [6.45, 7) is 6.09. The predicted molar refractivity (Wildman–Crippen MR) is 132 cm³/mol. The zero-order valence-corrected chi connectivity index (χ0v) is 20.0. The summed E-state index contributed by atoms with van der Waals surface area (Å²) in [4.78, 5) is 13.8. The average molecular weight is 461 g/mol. The number of ether oxygens (including phenoxy) is 1. The molecule has 2 bridgehead atoms. The van der Waals surface area contributed by atoms with Crippen molar-refractivity contribution in [3.63, 3.8) is 0 Å². The van der Waals surface area contributed by atoms with Gasteiger partial charge in [0.05, 0.1) is 17.6 Å². The molecule has 3 aromatic rings. The number of hydrogen-bond donors (Lipinski definition) is 1. The number of aliphatic hydroxyl groups excluding tert-OH is 1. The van der Waals surface area contributed by atoms with Crippen molar-refractivity contribution in [1.82, 2.24) is 0 Å². The van der Waals surface area contributed by atoms with Gasteiger partial charge in [0.2, 0.25) is 0 Å². The largest absolute Gasteiger partial charge is 0.389 e. The number of benzene rings is 3. The number of ketones is 1. The molecular formula is C29H29ClO3. The van der Waals surface area contributed by atoms with Gasteiger partial charge in [0.15, 0.2) is 5.78 Å². The molecule has 0 aromatic heterocycles. The van der Waals surface area contributed by atoms with E-state index >= 15 is 0 Å². The van der Waals surface area contributed by atoms with Gasteiger partial charge in [0.1, 0.15) is 6.10 Å². The number of aliphatic hydroxyl groups is 1. The van der Waals surface area contributed by atoms with Crippen molar-refractivity contribution >= 4 is 17.4 Å². The van der Waals surface area contributed by atoms with Crippen molar-refractivity contribution in [3.05, 3.63) is 94.0 Å². The van der Waals surface area contributed by atoms with Gasteiger partial charge >= 0.3 is 0 Å². The quantitative estimate of drug-likeness (QED) is 0.501. The lowest BCUT2D eigenvalue weighted by Crippen LogP contribution is -2.52. The van der Waals surface area contributed by atoms with E-state index in [2.05, 4.69) is 56.3 Å².